The predicted molar refractivity (Wildman–Crippen MR) is 35.5 cm³/mol. The third-order valence-electron chi connectivity index (χ3n) is 1.03. The van der Waals surface area contributed by atoms with Crippen molar-refractivity contribution in [3.05, 3.63) is 0 Å². The second-order valence-corrected chi connectivity index (χ2v) is 1.99. The smallest absolute Gasteiger partial charge is 0.377 e. The van der Waals surface area contributed by atoms with Crippen molar-refractivity contribution in [1.29, 1.82) is 0 Å². The van der Waals surface area contributed by atoms with E-state index in [1.807, 2.05) is 0 Å². The zero-order chi connectivity index (χ0) is 9.94. The van der Waals surface area contributed by atoms with Gasteiger partial charge in [0.1, 0.15) is 0 Å². The second-order valence-electron chi connectivity index (χ2n) is 1.99. The van der Waals surface area contributed by atoms with Crippen LogP contribution in [0.5, 0.6) is 0 Å². The summed E-state index contributed by atoms with van der Waals surface area (Å²) in [6, 6.07) is 0. The second kappa shape index (κ2) is 5.36. The number of halogens is 3. The Morgan fingerprint density at radius 3 is 1.92 bits per heavy atom. The Morgan fingerprint density at radius 1 is 1.31 bits per heavy atom. The molecule has 0 aliphatic heterocycles. The number of hydrogen-bond acceptors (Lipinski definition) is 2. The molecule has 8 heteroatoms. The van der Waals surface area contributed by atoms with Crippen LogP contribution < -0.4 is 0 Å². The normalized spacial score (nSPS) is 12.8. The summed E-state index contributed by atoms with van der Waals surface area (Å²) in [5.74, 6) is -9.13. The monoisotopic (exact) mass is 301 g/mol. The van der Waals surface area contributed by atoms with E-state index in [0.29, 0.717) is 0 Å². The van der Waals surface area contributed by atoms with E-state index >= 15 is 0 Å². The van der Waals surface area contributed by atoms with Gasteiger partial charge in [-0.2, -0.15) is 8.78 Å². The maximum atomic E-state index is 12.2. The van der Waals surface area contributed by atoms with Crippen LogP contribution in [-0.4, -0.2) is 60.1 Å². The molecule has 0 amide bonds. The maximum absolute atomic E-state index is 12.2. The number of carboxylic acids is 2. The van der Waals surface area contributed by atoms with E-state index in [9.17, 15) is 22.8 Å². The SMILES string of the molecule is O=C(O)CC(F)C(F)(F)C(=O)O.[In]. The summed E-state index contributed by atoms with van der Waals surface area (Å²) in [4.78, 5) is 19.4. The number of carbonyl (C=O) groups is 2. The molecule has 0 heterocycles. The van der Waals surface area contributed by atoms with E-state index in [4.69, 9.17) is 10.2 Å². The van der Waals surface area contributed by atoms with Crippen molar-refractivity contribution in [2.24, 2.45) is 0 Å². The minimum Gasteiger partial charge on any atom is -0.481 e. The Labute approximate surface area is 89.5 Å². The molecule has 0 aromatic carbocycles. The average molecular weight is 301 g/mol. The van der Waals surface area contributed by atoms with Crippen LogP contribution in [0.2, 0.25) is 0 Å². The van der Waals surface area contributed by atoms with Crippen LogP contribution in [0.25, 0.3) is 0 Å². The predicted octanol–water partition coefficient (Wildman–Crippen LogP) is 0.138. The summed E-state index contributed by atoms with van der Waals surface area (Å²) in [7, 11) is 0. The summed E-state index contributed by atoms with van der Waals surface area (Å²) in [5.41, 5.74) is 0. The molecule has 0 rings (SSSR count). The van der Waals surface area contributed by atoms with E-state index < -0.39 is 30.5 Å². The molecule has 13 heavy (non-hydrogen) atoms. The fraction of sp³-hybridized carbons (Fsp3) is 0.600. The van der Waals surface area contributed by atoms with E-state index in [1.165, 1.54) is 0 Å². The zero-order valence-corrected chi connectivity index (χ0v) is 9.50. The van der Waals surface area contributed by atoms with Gasteiger partial charge in [-0.3, -0.25) is 4.79 Å². The summed E-state index contributed by atoms with van der Waals surface area (Å²) in [6.45, 7) is 0. The van der Waals surface area contributed by atoms with E-state index in [0.717, 1.165) is 0 Å². The Balaban J connectivity index is 0. The summed E-state index contributed by atoms with van der Waals surface area (Å²) in [6.07, 6.45) is -4.73. The van der Waals surface area contributed by atoms with Crippen molar-refractivity contribution in [3.8, 4) is 0 Å². The molecule has 1 unspecified atom stereocenters. The summed E-state index contributed by atoms with van der Waals surface area (Å²) >= 11 is 0. The zero-order valence-electron chi connectivity index (χ0n) is 6.21. The third kappa shape index (κ3) is 4.39. The molecule has 1 atom stereocenters. The largest absolute Gasteiger partial charge is 0.481 e. The number of rotatable bonds is 4. The first-order chi connectivity index (χ1) is 5.28. The van der Waals surface area contributed by atoms with Gasteiger partial charge in [-0.1, -0.05) is 0 Å². The van der Waals surface area contributed by atoms with Gasteiger partial charge in [0.2, 0.25) is 0 Å². The summed E-state index contributed by atoms with van der Waals surface area (Å²) in [5, 5.41) is 15.6. The van der Waals surface area contributed by atoms with Gasteiger partial charge in [-0.15, -0.1) is 0 Å². The van der Waals surface area contributed by atoms with Crippen molar-refractivity contribution >= 4 is 37.8 Å². The van der Waals surface area contributed by atoms with Crippen molar-refractivity contribution in [2.45, 2.75) is 18.5 Å². The Hall–Kier alpha value is -0.400. The van der Waals surface area contributed by atoms with Crippen molar-refractivity contribution < 1.29 is 33.0 Å². The van der Waals surface area contributed by atoms with Crippen LogP contribution in [-0.2, 0) is 9.59 Å². The number of aliphatic carboxylic acids is 2. The van der Waals surface area contributed by atoms with E-state index in [2.05, 4.69) is 0 Å². The van der Waals surface area contributed by atoms with Gasteiger partial charge >= 0.3 is 17.9 Å². The van der Waals surface area contributed by atoms with E-state index in [1.54, 1.807) is 0 Å². The molecule has 3 radical (unpaired) electrons. The van der Waals surface area contributed by atoms with Gasteiger partial charge in [0.05, 0.1) is 6.42 Å². The van der Waals surface area contributed by atoms with Crippen molar-refractivity contribution in [1.82, 2.24) is 0 Å². The van der Waals surface area contributed by atoms with Crippen LogP contribution >= 0.6 is 0 Å². The molecule has 0 aromatic heterocycles. The molecule has 0 aliphatic carbocycles. The molecular weight excluding hydrogens is 296 g/mol. The molecular formula is C5H5F3InO4. The van der Waals surface area contributed by atoms with Gasteiger partial charge in [-0.25, -0.2) is 9.18 Å². The molecule has 0 aromatic rings. The first kappa shape index (κ1) is 15.1. The molecule has 0 saturated heterocycles. The molecule has 0 bridgehead atoms. The van der Waals surface area contributed by atoms with Crippen LogP contribution in [0.3, 0.4) is 0 Å². The van der Waals surface area contributed by atoms with Crippen molar-refractivity contribution in [2.75, 3.05) is 0 Å². The Morgan fingerprint density at radius 2 is 1.69 bits per heavy atom. The standard InChI is InChI=1S/C5H5F3O4.In/c6-2(1-3(9)10)5(7,8)4(11)12;/h2H,1H2,(H,9,10)(H,11,12);. The fourth-order valence-electron chi connectivity index (χ4n) is 0.415. The number of alkyl halides is 3. The van der Waals surface area contributed by atoms with Crippen LogP contribution in [0, 0.1) is 0 Å². The Bertz CT molecular complexity index is 208. The average Bonchev–Trinajstić information content (AvgIpc) is 1.85. The fourth-order valence-corrected chi connectivity index (χ4v) is 0.415. The first-order valence-corrected chi connectivity index (χ1v) is 2.75. The maximum Gasteiger partial charge on any atom is 0.377 e. The molecule has 0 saturated carbocycles. The quantitative estimate of drug-likeness (QED) is 0.774. The molecule has 0 fully saturated rings. The number of carboxylic acid groups (broad SMARTS) is 2. The van der Waals surface area contributed by atoms with Gasteiger partial charge in [-0.05, 0) is 0 Å². The minimum absolute atomic E-state index is 0. The van der Waals surface area contributed by atoms with Crippen LogP contribution in [0.4, 0.5) is 13.2 Å². The van der Waals surface area contributed by atoms with E-state index in [-0.39, 0.29) is 25.8 Å². The molecule has 2 N–H and O–H groups in total. The van der Waals surface area contributed by atoms with Gasteiger partial charge in [0.25, 0.3) is 0 Å². The van der Waals surface area contributed by atoms with Crippen LogP contribution in [0.15, 0.2) is 0 Å². The minimum atomic E-state index is -4.64. The molecule has 73 valence electrons. The van der Waals surface area contributed by atoms with Gasteiger partial charge in [0.15, 0.2) is 6.17 Å². The first-order valence-electron chi connectivity index (χ1n) is 2.75. The topological polar surface area (TPSA) is 74.6 Å². The van der Waals surface area contributed by atoms with Gasteiger partial charge in [0, 0.05) is 25.8 Å². The number of hydrogen-bond donors (Lipinski definition) is 2. The third-order valence-corrected chi connectivity index (χ3v) is 1.03. The van der Waals surface area contributed by atoms with Crippen LogP contribution in [0.1, 0.15) is 6.42 Å². The summed E-state index contributed by atoms with van der Waals surface area (Å²) < 4.78 is 36.3. The molecule has 0 aliphatic rings. The molecule has 4 nitrogen and oxygen atoms in total. The van der Waals surface area contributed by atoms with Gasteiger partial charge < -0.3 is 10.2 Å². The molecule has 0 spiro atoms. The van der Waals surface area contributed by atoms with Crippen molar-refractivity contribution in [3.63, 3.8) is 0 Å². The Kier molecular flexibility index (Phi) is 6.22.